The van der Waals surface area contributed by atoms with Crippen LogP contribution in [0.15, 0.2) is 36.4 Å². The zero-order valence-corrected chi connectivity index (χ0v) is 12.9. The van der Waals surface area contributed by atoms with Crippen molar-refractivity contribution < 1.29 is 4.74 Å². The van der Waals surface area contributed by atoms with Crippen LogP contribution in [-0.4, -0.2) is 24.2 Å². The number of rotatable bonds is 5. The minimum atomic E-state index is -0.151. The molecule has 3 nitrogen and oxygen atoms in total. The van der Waals surface area contributed by atoms with Gasteiger partial charge in [-0.2, -0.15) is 0 Å². The summed E-state index contributed by atoms with van der Waals surface area (Å²) in [6, 6.07) is 12.1. The molecule has 3 N–H and O–H groups in total. The van der Waals surface area contributed by atoms with Gasteiger partial charge in [0.05, 0.1) is 12.1 Å². The smallest absolute Gasteiger partial charge is 0.104 e. The number of ether oxygens (including phenoxy) is 1. The van der Waals surface area contributed by atoms with E-state index in [0.29, 0.717) is 11.6 Å². The SMILES string of the molecule is COCC(C)(C)Nc1ccc(C(N)=S)c2ccccc12. The molecule has 106 valence electrons. The van der Waals surface area contributed by atoms with E-state index in [1.807, 2.05) is 30.3 Å². The van der Waals surface area contributed by atoms with Crippen molar-refractivity contribution in [2.45, 2.75) is 19.4 Å². The second-order valence-corrected chi connectivity index (χ2v) is 5.95. The van der Waals surface area contributed by atoms with Crippen LogP contribution in [-0.2, 0) is 4.74 Å². The molecule has 0 fully saturated rings. The second-order valence-electron chi connectivity index (χ2n) is 5.51. The van der Waals surface area contributed by atoms with Gasteiger partial charge >= 0.3 is 0 Å². The highest BCUT2D eigenvalue weighted by atomic mass is 32.1. The first-order chi connectivity index (χ1) is 9.44. The Morgan fingerprint density at radius 3 is 2.45 bits per heavy atom. The maximum absolute atomic E-state index is 5.80. The summed E-state index contributed by atoms with van der Waals surface area (Å²) in [6.07, 6.45) is 0. The molecule has 0 bridgehead atoms. The standard InChI is InChI=1S/C16H20N2OS/c1-16(2,10-19-3)18-14-9-8-13(15(17)20)11-6-4-5-7-12(11)14/h4-9,18H,10H2,1-3H3,(H2,17,20). The normalized spacial score (nSPS) is 11.6. The number of anilines is 1. The summed E-state index contributed by atoms with van der Waals surface area (Å²) in [7, 11) is 1.71. The lowest BCUT2D eigenvalue weighted by Crippen LogP contribution is -2.35. The third-order valence-electron chi connectivity index (χ3n) is 3.17. The van der Waals surface area contributed by atoms with Gasteiger partial charge in [0.15, 0.2) is 0 Å². The Bertz CT molecular complexity index is 637. The first kappa shape index (κ1) is 14.8. The minimum Gasteiger partial charge on any atom is -0.389 e. The van der Waals surface area contributed by atoms with E-state index in [2.05, 4.69) is 25.2 Å². The first-order valence-corrected chi connectivity index (χ1v) is 6.94. The summed E-state index contributed by atoms with van der Waals surface area (Å²) >= 11 is 5.12. The number of hydrogen-bond donors (Lipinski definition) is 2. The fraction of sp³-hybridized carbons (Fsp3) is 0.312. The summed E-state index contributed by atoms with van der Waals surface area (Å²) < 4.78 is 5.25. The van der Waals surface area contributed by atoms with Gasteiger partial charge < -0.3 is 15.8 Å². The van der Waals surface area contributed by atoms with Crippen molar-refractivity contribution in [1.82, 2.24) is 0 Å². The maximum atomic E-state index is 5.80. The van der Waals surface area contributed by atoms with Gasteiger partial charge in [0.2, 0.25) is 0 Å². The summed E-state index contributed by atoms with van der Waals surface area (Å²) in [5.41, 5.74) is 7.61. The van der Waals surface area contributed by atoms with Gasteiger partial charge in [-0.1, -0.05) is 36.5 Å². The van der Waals surface area contributed by atoms with Crippen molar-refractivity contribution in [3.05, 3.63) is 42.0 Å². The molecule has 2 aromatic rings. The Morgan fingerprint density at radius 1 is 1.20 bits per heavy atom. The highest BCUT2D eigenvalue weighted by Crippen LogP contribution is 2.28. The van der Waals surface area contributed by atoms with Crippen LogP contribution in [0.3, 0.4) is 0 Å². The van der Waals surface area contributed by atoms with Crippen molar-refractivity contribution >= 4 is 33.7 Å². The van der Waals surface area contributed by atoms with Crippen molar-refractivity contribution in [3.63, 3.8) is 0 Å². The van der Waals surface area contributed by atoms with Crippen molar-refractivity contribution in [1.29, 1.82) is 0 Å². The second kappa shape index (κ2) is 5.77. The van der Waals surface area contributed by atoms with Gasteiger partial charge in [-0.25, -0.2) is 0 Å². The van der Waals surface area contributed by atoms with Crippen molar-refractivity contribution in [2.24, 2.45) is 5.73 Å². The molecule has 0 saturated carbocycles. The van der Waals surface area contributed by atoms with Crippen LogP contribution in [0.25, 0.3) is 10.8 Å². The number of nitrogens with one attached hydrogen (secondary N) is 1. The molecule has 4 heteroatoms. The number of hydrogen-bond acceptors (Lipinski definition) is 3. The van der Waals surface area contributed by atoms with Gasteiger partial charge in [0, 0.05) is 23.7 Å². The molecular formula is C16H20N2OS. The Balaban J connectivity index is 2.51. The molecule has 20 heavy (non-hydrogen) atoms. The Kier molecular flexibility index (Phi) is 4.26. The first-order valence-electron chi connectivity index (χ1n) is 6.53. The fourth-order valence-corrected chi connectivity index (χ4v) is 2.56. The van der Waals surface area contributed by atoms with Crippen LogP contribution in [0.4, 0.5) is 5.69 Å². The quantitative estimate of drug-likeness (QED) is 0.829. The van der Waals surface area contributed by atoms with Crippen molar-refractivity contribution in [3.8, 4) is 0 Å². The molecule has 0 unspecified atom stereocenters. The predicted octanol–water partition coefficient (Wildman–Crippen LogP) is 3.31. The number of fused-ring (bicyclic) bond motifs is 1. The number of methoxy groups -OCH3 is 1. The van der Waals surface area contributed by atoms with E-state index in [9.17, 15) is 0 Å². The lowest BCUT2D eigenvalue weighted by atomic mass is 10.00. The van der Waals surface area contributed by atoms with Crippen molar-refractivity contribution in [2.75, 3.05) is 19.0 Å². The summed E-state index contributed by atoms with van der Waals surface area (Å²) in [5, 5.41) is 5.70. The molecule has 2 rings (SSSR count). The van der Waals surface area contributed by atoms with Crippen LogP contribution < -0.4 is 11.1 Å². The highest BCUT2D eigenvalue weighted by Gasteiger charge is 2.18. The average Bonchev–Trinajstić information content (AvgIpc) is 2.38. The van der Waals surface area contributed by atoms with Crippen LogP contribution in [0, 0.1) is 0 Å². The van der Waals surface area contributed by atoms with E-state index >= 15 is 0 Å². The molecule has 0 amide bonds. The fourth-order valence-electron chi connectivity index (χ4n) is 2.38. The van der Waals surface area contributed by atoms with Crippen LogP contribution in [0.5, 0.6) is 0 Å². The van der Waals surface area contributed by atoms with Gasteiger partial charge in [-0.3, -0.25) is 0 Å². The summed E-state index contributed by atoms with van der Waals surface area (Å²) in [4.78, 5) is 0.420. The predicted molar refractivity (Wildman–Crippen MR) is 89.4 cm³/mol. The lowest BCUT2D eigenvalue weighted by molar-refractivity contribution is 0.158. The molecule has 0 heterocycles. The molecule has 0 atom stereocenters. The molecule has 0 aliphatic rings. The minimum absolute atomic E-state index is 0.151. The molecule has 0 spiro atoms. The monoisotopic (exact) mass is 288 g/mol. The number of benzene rings is 2. The van der Waals surface area contributed by atoms with E-state index in [-0.39, 0.29) is 5.54 Å². The Labute approximate surface area is 125 Å². The summed E-state index contributed by atoms with van der Waals surface area (Å²) in [6.45, 7) is 4.83. The topological polar surface area (TPSA) is 47.3 Å². The number of thiocarbonyl (C=S) groups is 1. The van der Waals surface area contributed by atoms with Crippen LogP contribution in [0.1, 0.15) is 19.4 Å². The Hall–Kier alpha value is -1.65. The molecular weight excluding hydrogens is 268 g/mol. The maximum Gasteiger partial charge on any atom is 0.104 e. The molecule has 0 radical (unpaired) electrons. The van der Waals surface area contributed by atoms with E-state index in [1.165, 1.54) is 0 Å². The van der Waals surface area contributed by atoms with E-state index in [4.69, 9.17) is 22.7 Å². The molecule has 2 aromatic carbocycles. The zero-order valence-electron chi connectivity index (χ0n) is 12.1. The highest BCUT2D eigenvalue weighted by molar-refractivity contribution is 7.80. The zero-order chi connectivity index (χ0) is 14.8. The molecule has 0 aliphatic heterocycles. The third kappa shape index (κ3) is 3.08. The van der Waals surface area contributed by atoms with Crippen LogP contribution >= 0.6 is 12.2 Å². The largest absolute Gasteiger partial charge is 0.389 e. The van der Waals surface area contributed by atoms with Gasteiger partial charge in [-0.15, -0.1) is 0 Å². The van der Waals surface area contributed by atoms with Gasteiger partial charge in [0.25, 0.3) is 0 Å². The molecule has 0 aliphatic carbocycles. The Morgan fingerprint density at radius 2 is 1.85 bits per heavy atom. The molecule has 0 aromatic heterocycles. The number of nitrogens with two attached hydrogens (primary N) is 1. The van der Waals surface area contributed by atoms with E-state index < -0.39 is 0 Å². The molecule has 0 saturated heterocycles. The van der Waals surface area contributed by atoms with Gasteiger partial charge in [0.1, 0.15) is 4.99 Å². The third-order valence-corrected chi connectivity index (χ3v) is 3.39. The van der Waals surface area contributed by atoms with Gasteiger partial charge in [-0.05, 0) is 31.4 Å². The summed E-state index contributed by atoms with van der Waals surface area (Å²) in [5.74, 6) is 0. The van der Waals surface area contributed by atoms with E-state index in [0.717, 1.165) is 22.0 Å². The van der Waals surface area contributed by atoms with E-state index in [1.54, 1.807) is 7.11 Å². The average molecular weight is 288 g/mol. The lowest BCUT2D eigenvalue weighted by Gasteiger charge is -2.27. The van der Waals surface area contributed by atoms with Crippen LogP contribution in [0.2, 0.25) is 0 Å².